The molecule has 3 aromatic carbocycles. The summed E-state index contributed by atoms with van der Waals surface area (Å²) in [7, 11) is -4.28. The Labute approximate surface area is 213 Å². The van der Waals surface area contributed by atoms with Crippen LogP contribution in [-0.4, -0.2) is 33.2 Å². The first kappa shape index (κ1) is 27.6. The van der Waals surface area contributed by atoms with Gasteiger partial charge in [0.25, 0.3) is 10.0 Å². The van der Waals surface area contributed by atoms with Gasteiger partial charge >= 0.3 is 6.18 Å². The Morgan fingerprint density at radius 1 is 0.972 bits per heavy atom. The molecule has 1 N–H and O–H groups in total. The Morgan fingerprint density at radius 2 is 1.67 bits per heavy atom. The van der Waals surface area contributed by atoms with Crippen LogP contribution >= 0.6 is 11.8 Å². The number of benzene rings is 3. The van der Waals surface area contributed by atoms with Crippen LogP contribution in [0.25, 0.3) is 0 Å². The van der Waals surface area contributed by atoms with E-state index in [9.17, 15) is 26.4 Å². The van der Waals surface area contributed by atoms with Gasteiger partial charge in [0.2, 0.25) is 5.91 Å². The molecule has 10 heteroatoms. The second kappa shape index (κ2) is 12.3. The molecule has 0 spiro atoms. The first-order valence-corrected chi connectivity index (χ1v) is 13.8. The monoisotopic (exact) mass is 536 g/mol. The normalized spacial score (nSPS) is 11.8. The summed E-state index contributed by atoms with van der Waals surface area (Å²) in [5, 5.41) is 2.68. The molecule has 36 heavy (non-hydrogen) atoms. The Bertz CT molecular complexity index is 1270. The Kier molecular flexibility index (Phi) is 9.44. The van der Waals surface area contributed by atoms with E-state index in [0.717, 1.165) is 29.7 Å². The summed E-state index contributed by atoms with van der Waals surface area (Å²) in [6, 6.07) is 19.3. The van der Waals surface area contributed by atoms with Crippen molar-refractivity contribution in [3.8, 4) is 0 Å². The highest BCUT2D eigenvalue weighted by molar-refractivity contribution is 7.98. The molecule has 1 amide bonds. The second-order valence-electron chi connectivity index (χ2n) is 8.06. The molecule has 0 aromatic heterocycles. The summed E-state index contributed by atoms with van der Waals surface area (Å²) in [4.78, 5) is 12.5. The first-order chi connectivity index (χ1) is 17.1. The number of hydrogen-bond donors (Lipinski definition) is 1. The van der Waals surface area contributed by atoms with Crippen molar-refractivity contribution < 1.29 is 26.4 Å². The van der Waals surface area contributed by atoms with E-state index in [2.05, 4.69) is 24.4 Å². The topological polar surface area (TPSA) is 66.5 Å². The Balaban J connectivity index is 1.65. The van der Waals surface area contributed by atoms with Crippen molar-refractivity contribution in [2.45, 2.75) is 30.2 Å². The number of hydrogen-bond acceptors (Lipinski definition) is 4. The third-order valence-corrected chi connectivity index (χ3v) is 8.27. The van der Waals surface area contributed by atoms with Crippen LogP contribution in [0.3, 0.4) is 0 Å². The van der Waals surface area contributed by atoms with E-state index >= 15 is 0 Å². The van der Waals surface area contributed by atoms with E-state index in [-0.39, 0.29) is 10.6 Å². The zero-order chi connectivity index (χ0) is 26.2. The average molecular weight is 537 g/mol. The lowest BCUT2D eigenvalue weighted by Gasteiger charge is -2.25. The lowest BCUT2D eigenvalue weighted by molar-refractivity contribution is -0.137. The SMILES string of the molecule is Cc1ccccc1CSCCCNC(=O)CN(c1cccc(C(F)(F)F)c1)S(=O)(=O)c1ccccc1. The van der Waals surface area contributed by atoms with E-state index < -0.39 is 34.2 Å². The number of carbonyl (C=O) groups is 1. The molecule has 0 atom stereocenters. The summed E-state index contributed by atoms with van der Waals surface area (Å²) >= 11 is 1.72. The molecular formula is C26H27F3N2O3S2. The van der Waals surface area contributed by atoms with E-state index in [1.807, 2.05) is 12.1 Å². The van der Waals surface area contributed by atoms with Crippen LogP contribution in [0.5, 0.6) is 0 Å². The number of sulfonamides is 1. The number of alkyl halides is 3. The first-order valence-electron chi connectivity index (χ1n) is 11.2. The molecule has 0 aliphatic carbocycles. The number of amides is 1. The van der Waals surface area contributed by atoms with Crippen LogP contribution in [0.2, 0.25) is 0 Å². The van der Waals surface area contributed by atoms with Crippen LogP contribution in [0.15, 0.2) is 83.8 Å². The third kappa shape index (κ3) is 7.51. The summed E-state index contributed by atoms with van der Waals surface area (Å²) in [5.41, 5.74) is 1.22. The lowest BCUT2D eigenvalue weighted by atomic mass is 10.1. The van der Waals surface area contributed by atoms with Crippen molar-refractivity contribution in [3.63, 3.8) is 0 Å². The van der Waals surface area contributed by atoms with E-state index in [4.69, 9.17) is 0 Å². The molecule has 0 heterocycles. The van der Waals surface area contributed by atoms with Crippen LogP contribution in [0.4, 0.5) is 18.9 Å². The van der Waals surface area contributed by atoms with Gasteiger partial charge in [-0.2, -0.15) is 24.9 Å². The van der Waals surface area contributed by atoms with Crippen molar-refractivity contribution in [2.75, 3.05) is 23.1 Å². The van der Waals surface area contributed by atoms with Crippen molar-refractivity contribution in [1.82, 2.24) is 5.32 Å². The number of anilines is 1. The quantitative estimate of drug-likeness (QED) is 0.322. The molecule has 3 aromatic rings. The number of aryl methyl sites for hydroxylation is 1. The van der Waals surface area contributed by atoms with Gasteiger partial charge in [-0.1, -0.05) is 48.5 Å². The average Bonchev–Trinajstić information content (AvgIpc) is 2.85. The van der Waals surface area contributed by atoms with Crippen molar-refractivity contribution in [3.05, 3.63) is 95.6 Å². The molecular weight excluding hydrogens is 509 g/mol. The molecule has 0 aliphatic heterocycles. The minimum Gasteiger partial charge on any atom is -0.354 e. The zero-order valence-electron chi connectivity index (χ0n) is 19.7. The number of rotatable bonds is 11. The fourth-order valence-electron chi connectivity index (χ4n) is 3.41. The maximum Gasteiger partial charge on any atom is 0.416 e. The fraction of sp³-hybridized carbons (Fsp3) is 0.269. The van der Waals surface area contributed by atoms with Gasteiger partial charge in [-0.05, 0) is 60.6 Å². The maximum atomic E-state index is 13.3. The van der Waals surface area contributed by atoms with Gasteiger partial charge in [-0.3, -0.25) is 9.10 Å². The smallest absolute Gasteiger partial charge is 0.354 e. The number of halogens is 3. The number of carbonyl (C=O) groups excluding carboxylic acids is 1. The summed E-state index contributed by atoms with van der Waals surface area (Å²) < 4.78 is 67.0. The molecule has 192 valence electrons. The van der Waals surface area contributed by atoms with E-state index in [0.29, 0.717) is 17.3 Å². The summed E-state index contributed by atoms with van der Waals surface area (Å²) in [6.07, 6.45) is -3.99. The van der Waals surface area contributed by atoms with Crippen molar-refractivity contribution in [2.24, 2.45) is 0 Å². The second-order valence-corrected chi connectivity index (χ2v) is 11.0. The molecule has 0 bridgehead atoms. The highest BCUT2D eigenvalue weighted by atomic mass is 32.2. The number of nitrogens with one attached hydrogen (secondary N) is 1. The molecule has 3 rings (SSSR count). The van der Waals surface area contributed by atoms with E-state index in [1.54, 1.807) is 17.8 Å². The van der Waals surface area contributed by atoms with Crippen LogP contribution < -0.4 is 9.62 Å². The zero-order valence-corrected chi connectivity index (χ0v) is 21.3. The molecule has 5 nitrogen and oxygen atoms in total. The van der Waals surface area contributed by atoms with Gasteiger partial charge in [0, 0.05) is 12.3 Å². The molecule has 0 radical (unpaired) electrons. The number of nitrogens with zero attached hydrogens (tertiary/aromatic N) is 1. The van der Waals surface area contributed by atoms with Gasteiger partial charge < -0.3 is 5.32 Å². The Morgan fingerprint density at radius 3 is 2.36 bits per heavy atom. The van der Waals surface area contributed by atoms with Crippen molar-refractivity contribution >= 4 is 33.4 Å². The predicted octanol–water partition coefficient (Wildman–Crippen LogP) is 5.65. The molecule has 0 unspecified atom stereocenters. The largest absolute Gasteiger partial charge is 0.416 e. The molecule has 0 saturated carbocycles. The minimum atomic E-state index is -4.66. The third-order valence-electron chi connectivity index (χ3n) is 5.39. The van der Waals surface area contributed by atoms with Crippen LogP contribution in [0, 0.1) is 6.92 Å². The highest BCUT2D eigenvalue weighted by Gasteiger charge is 2.33. The van der Waals surface area contributed by atoms with E-state index in [1.165, 1.54) is 41.5 Å². The molecule has 0 fully saturated rings. The van der Waals surface area contributed by atoms with Gasteiger partial charge in [-0.15, -0.1) is 0 Å². The molecule has 0 aliphatic rings. The Hall–Kier alpha value is -2.98. The minimum absolute atomic E-state index is 0.122. The summed E-state index contributed by atoms with van der Waals surface area (Å²) in [6.45, 7) is 1.73. The van der Waals surface area contributed by atoms with Gasteiger partial charge in [0.15, 0.2) is 0 Å². The van der Waals surface area contributed by atoms with Crippen molar-refractivity contribution in [1.29, 1.82) is 0 Å². The lowest BCUT2D eigenvalue weighted by Crippen LogP contribution is -2.41. The maximum absolute atomic E-state index is 13.3. The standard InChI is InChI=1S/C26H27F3N2O3S2/c1-20-9-5-6-10-21(20)19-35-16-8-15-30-25(32)18-31(36(33,34)24-13-3-2-4-14-24)23-12-7-11-22(17-23)26(27,28)29/h2-7,9-14,17H,8,15-16,18-19H2,1H3,(H,30,32). The van der Waals surface area contributed by atoms with Crippen LogP contribution in [-0.2, 0) is 26.7 Å². The predicted molar refractivity (Wildman–Crippen MR) is 137 cm³/mol. The van der Waals surface area contributed by atoms with Gasteiger partial charge in [-0.25, -0.2) is 8.42 Å². The molecule has 0 saturated heterocycles. The van der Waals surface area contributed by atoms with Crippen LogP contribution in [0.1, 0.15) is 23.1 Å². The van der Waals surface area contributed by atoms with Gasteiger partial charge in [0.1, 0.15) is 6.54 Å². The van der Waals surface area contributed by atoms with Gasteiger partial charge in [0.05, 0.1) is 16.1 Å². The summed E-state index contributed by atoms with van der Waals surface area (Å²) in [5.74, 6) is 1.03. The number of thioether (sulfide) groups is 1. The highest BCUT2D eigenvalue weighted by Crippen LogP contribution is 2.33. The fourth-order valence-corrected chi connectivity index (χ4v) is 5.89.